The third-order valence-corrected chi connectivity index (χ3v) is 3.90. The Morgan fingerprint density at radius 2 is 1.68 bits per heavy atom. The average molecular weight is 376 g/mol. The van der Waals surface area contributed by atoms with E-state index in [0.717, 1.165) is 5.56 Å². The number of carbonyl (C=O) groups excluding carboxylic acids is 2. The van der Waals surface area contributed by atoms with E-state index < -0.39 is 18.0 Å². The third kappa shape index (κ3) is 5.41. The summed E-state index contributed by atoms with van der Waals surface area (Å²) in [4.78, 5) is 28.1. The maximum Gasteiger partial charge on any atom is 0.357 e. The lowest BCUT2D eigenvalue weighted by atomic mass is 10.2. The lowest BCUT2D eigenvalue weighted by molar-refractivity contribution is -0.123. The largest absolute Gasteiger partial charge is 0.489 e. The van der Waals surface area contributed by atoms with Crippen molar-refractivity contribution in [1.82, 2.24) is 4.98 Å². The van der Waals surface area contributed by atoms with E-state index in [-0.39, 0.29) is 5.69 Å². The van der Waals surface area contributed by atoms with Crippen molar-refractivity contribution in [2.45, 2.75) is 19.6 Å². The molecule has 3 rings (SSSR count). The molecule has 1 N–H and O–H groups in total. The zero-order chi connectivity index (χ0) is 19.8. The highest BCUT2D eigenvalue weighted by Gasteiger charge is 2.19. The number of hydrogen-bond acceptors (Lipinski definition) is 5. The molecule has 0 radical (unpaired) electrons. The molecule has 142 valence electrons. The van der Waals surface area contributed by atoms with Gasteiger partial charge in [0.1, 0.15) is 18.1 Å². The molecule has 0 spiro atoms. The zero-order valence-electron chi connectivity index (χ0n) is 15.4. The molecule has 0 saturated carbocycles. The first-order valence-electron chi connectivity index (χ1n) is 8.81. The number of ether oxygens (including phenoxy) is 2. The first kappa shape index (κ1) is 19.1. The molecule has 6 heteroatoms. The molecule has 1 atom stereocenters. The third-order valence-electron chi connectivity index (χ3n) is 3.90. The predicted molar refractivity (Wildman–Crippen MR) is 105 cm³/mol. The molecule has 0 aliphatic rings. The minimum Gasteiger partial charge on any atom is -0.489 e. The lowest BCUT2D eigenvalue weighted by Crippen LogP contribution is -2.30. The van der Waals surface area contributed by atoms with Crippen LogP contribution in [-0.2, 0) is 16.1 Å². The summed E-state index contributed by atoms with van der Waals surface area (Å²) in [6, 6.07) is 21.7. The summed E-state index contributed by atoms with van der Waals surface area (Å²) in [5.41, 5.74) is 1.81. The molecule has 1 heterocycles. The summed E-state index contributed by atoms with van der Waals surface area (Å²) in [5.74, 6) is -0.383. The van der Waals surface area contributed by atoms with Crippen LogP contribution in [0.4, 0.5) is 5.69 Å². The van der Waals surface area contributed by atoms with Crippen molar-refractivity contribution in [3.8, 4) is 5.75 Å². The van der Waals surface area contributed by atoms with Gasteiger partial charge in [0.15, 0.2) is 6.10 Å². The minimum absolute atomic E-state index is 0.155. The zero-order valence-corrected chi connectivity index (χ0v) is 15.4. The van der Waals surface area contributed by atoms with Gasteiger partial charge in [0.25, 0.3) is 5.91 Å². The van der Waals surface area contributed by atoms with E-state index in [1.807, 2.05) is 30.3 Å². The Hall–Kier alpha value is -3.67. The maximum atomic E-state index is 12.2. The van der Waals surface area contributed by atoms with Gasteiger partial charge in [-0.05, 0) is 48.9 Å². The SMILES string of the molecule is C[C@H](OC(=O)c1ccccn1)C(=O)Nc1ccc(OCc2ccccc2)cc1. The van der Waals surface area contributed by atoms with Crippen LogP contribution < -0.4 is 10.1 Å². The molecule has 1 amide bonds. The van der Waals surface area contributed by atoms with E-state index in [0.29, 0.717) is 18.0 Å². The number of benzene rings is 2. The fraction of sp³-hybridized carbons (Fsp3) is 0.136. The minimum atomic E-state index is -0.955. The summed E-state index contributed by atoms with van der Waals surface area (Å²) in [6.45, 7) is 1.97. The maximum absolute atomic E-state index is 12.2. The second-order valence-electron chi connectivity index (χ2n) is 6.05. The number of aromatic nitrogens is 1. The number of anilines is 1. The van der Waals surface area contributed by atoms with Crippen molar-refractivity contribution in [2.75, 3.05) is 5.32 Å². The Kier molecular flexibility index (Phi) is 6.36. The van der Waals surface area contributed by atoms with Gasteiger partial charge >= 0.3 is 5.97 Å². The van der Waals surface area contributed by atoms with Gasteiger partial charge in [-0.15, -0.1) is 0 Å². The number of hydrogen-bond donors (Lipinski definition) is 1. The highest BCUT2D eigenvalue weighted by molar-refractivity contribution is 5.96. The van der Waals surface area contributed by atoms with Crippen LogP contribution in [0.3, 0.4) is 0 Å². The van der Waals surface area contributed by atoms with Crippen LogP contribution >= 0.6 is 0 Å². The van der Waals surface area contributed by atoms with E-state index >= 15 is 0 Å². The van der Waals surface area contributed by atoms with Crippen LogP contribution in [0.2, 0.25) is 0 Å². The van der Waals surface area contributed by atoms with Crippen LogP contribution in [0.25, 0.3) is 0 Å². The monoisotopic (exact) mass is 376 g/mol. The van der Waals surface area contributed by atoms with Gasteiger partial charge in [0.05, 0.1) is 0 Å². The molecule has 3 aromatic rings. The van der Waals surface area contributed by atoms with Gasteiger partial charge in [-0.3, -0.25) is 4.79 Å². The van der Waals surface area contributed by atoms with E-state index in [1.165, 1.54) is 19.2 Å². The topological polar surface area (TPSA) is 77.5 Å². The standard InChI is InChI=1S/C22H20N2O4/c1-16(28-22(26)20-9-5-6-14-23-20)21(25)24-18-10-12-19(13-11-18)27-15-17-7-3-2-4-8-17/h2-14,16H,15H2,1H3,(H,24,25)/t16-/m0/s1. The number of pyridine rings is 1. The Balaban J connectivity index is 1.50. The van der Waals surface area contributed by atoms with Crippen LogP contribution in [-0.4, -0.2) is 23.0 Å². The molecule has 0 saturated heterocycles. The molecular formula is C22H20N2O4. The molecule has 0 bridgehead atoms. The fourth-order valence-electron chi connectivity index (χ4n) is 2.38. The van der Waals surface area contributed by atoms with Gasteiger partial charge in [0.2, 0.25) is 0 Å². The Bertz CT molecular complexity index is 912. The average Bonchev–Trinajstić information content (AvgIpc) is 2.74. The molecule has 0 unspecified atom stereocenters. The van der Waals surface area contributed by atoms with Crippen LogP contribution in [0.5, 0.6) is 5.75 Å². The van der Waals surface area contributed by atoms with Crippen molar-refractivity contribution in [1.29, 1.82) is 0 Å². The van der Waals surface area contributed by atoms with Crippen LogP contribution in [0.1, 0.15) is 23.0 Å². The molecule has 0 fully saturated rings. The Morgan fingerprint density at radius 1 is 0.964 bits per heavy atom. The van der Waals surface area contributed by atoms with Crippen molar-refractivity contribution in [3.05, 3.63) is 90.3 Å². The molecule has 6 nitrogen and oxygen atoms in total. The van der Waals surface area contributed by atoms with Gasteiger partial charge in [0, 0.05) is 11.9 Å². The van der Waals surface area contributed by atoms with Crippen molar-refractivity contribution >= 4 is 17.6 Å². The quantitative estimate of drug-likeness (QED) is 0.634. The molecular weight excluding hydrogens is 356 g/mol. The second kappa shape index (κ2) is 9.32. The fourth-order valence-corrected chi connectivity index (χ4v) is 2.38. The number of carbonyl (C=O) groups is 2. The first-order valence-corrected chi connectivity index (χ1v) is 8.81. The van der Waals surface area contributed by atoms with Crippen molar-refractivity contribution in [2.24, 2.45) is 0 Å². The summed E-state index contributed by atoms with van der Waals surface area (Å²) in [5, 5.41) is 2.71. The number of amides is 1. The van der Waals surface area contributed by atoms with E-state index in [9.17, 15) is 9.59 Å². The second-order valence-corrected chi connectivity index (χ2v) is 6.05. The number of esters is 1. The Labute approximate surface area is 163 Å². The number of rotatable bonds is 7. The summed E-state index contributed by atoms with van der Waals surface area (Å²) < 4.78 is 10.9. The first-order chi connectivity index (χ1) is 13.6. The molecule has 2 aromatic carbocycles. The normalized spacial score (nSPS) is 11.3. The summed E-state index contributed by atoms with van der Waals surface area (Å²) >= 11 is 0. The molecule has 28 heavy (non-hydrogen) atoms. The van der Waals surface area contributed by atoms with E-state index in [2.05, 4.69) is 10.3 Å². The van der Waals surface area contributed by atoms with Crippen molar-refractivity contribution in [3.63, 3.8) is 0 Å². The predicted octanol–water partition coefficient (Wildman–Crippen LogP) is 3.84. The lowest BCUT2D eigenvalue weighted by Gasteiger charge is -2.13. The van der Waals surface area contributed by atoms with Gasteiger partial charge in [-0.1, -0.05) is 36.4 Å². The molecule has 0 aliphatic heterocycles. The smallest absolute Gasteiger partial charge is 0.357 e. The van der Waals surface area contributed by atoms with Crippen LogP contribution in [0, 0.1) is 0 Å². The van der Waals surface area contributed by atoms with Crippen LogP contribution in [0.15, 0.2) is 79.0 Å². The summed E-state index contributed by atoms with van der Waals surface area (Å²) in [7, 11) is 0. The van der Waals surface area contributed by atoms with Gasteiger partial charge in [-0.25, -0.2) is 9.78 Å². The number of nitrogens with zero attached hydrogens (tertiary/aromatic N) is 1. The Morgan fingerprint density at radius 3 is 2.36 bits per heavy atom. The van der Waals surface area contributed by atoms with E-state index in [4.69, 9.17) is 9.47 Å². The summed E-state index contributed by atoms with van der Waals surface area (Å²) in [6.07, 6.45) is 0.534. The van der Waals surface area contributed by atoms with Crippen molar-refractivity contribution < 1.29 is 19.1 Å². The number of nitrogens with one attached hydrogen (secondary N) is 1. The van der Waals surface area contributed by atoms with Gasteiger partial charge < -0.3 is 14.8 Å². The van der Waals surface area contributed by atoms with Gasteiger partial charge in [-0.2, -0.15) is 0 Å². The highest BCUT2D eigenvalue weighted by Crippen LogP contribution is 2.17. The highest BCUT2D eigenvalue weighted by atomic mass is 16.5. The molecule has 0 aliphatic carbocycles. The molecule has 1 aromatic heterocycles. The van der Waals surface area contributed by atoms with E-state index in [1.54, 1.807) is 36.4 Å².